The van der Waals surface area contributed by atoms with Gasteiger partial charge in [-0.05, 0) is 64.0 Å². The molecule has 0 aromatic heterocycles. The first-order valence-corrected chi connectivity index (χ1v) is 13.0. The molecule has 11 heteroatoms. The van der Waals surface area contributed by atoms with Gasteiger partial charge in [0.05, 0.1) is 17.3 Å². The monoisotopic (exact) mass is 651 g/mol. The molecule has 3 amide bonds. The lowest BCUT2D eigenvalue weighted by Gasteiger charge is -2.28. The van der Waals surface area contributed by atoms with Crippen molar-refractivity contribution in [3.8, 4) is 5.75 Å². The van der Waals surface area contributed by atoms with Gasteiger partial charge in [0.15, 0.2) is 0 Å². The van der Waals surface area contributed by atoms with Crippen LogP contribution in [0.15, 0.2) is 72.8 Å². The van der Waals surface area contributed by atoms with Crippen molar-refractivity contribution in [2.75, 3.05) is 18.5 Å². The van der Waals surface area contributed by atoms with E-state index in [0.29, 0.717) is 28.4 Å². The molecule has 0 saturated heterocycles. The molecule has 0 radical (unpaired) electrons. The Morgan fingerprint density at radius 2 is 1.79 bits per heavy atom. The summed E-state index contributed by atoms with van der Waals surface area (Å²) < 4.78 is 6.24. The summed E-state index contributed by atoms with van der Waals surface area (Å²) in [5.74, 6) is -0.978. The van der Waals surface area contributed by atoms with Gasteiger partial charge in [0, 0.05) is 9.99 Å². The number of nitrogens with zero attached hydrogens (tertiary/aromatic N) is 1. The molecule has 0 aliphatic carbocycles. The SMILES string of the molecule is N[C@@H](C(=O)N(C=O)[C@@H](Cc1ccccc1)C(=O)Nc1ccc(I)cc1Cl)c1ccc(OC[C@H](O)CO)cc1. The fourth-order valence-electron chi connectivity index (χ4n) is 3.56. The molecule has 0 spiro atoms. The van der Waals surface area contributed by atoms with Gasteiger partial charge in [-0.3, -0.25) is 19.3 Å². The lowest BCUT2D eigenvalue weighted by atomic mass is 10.0. The zero-order valence-corrected chi connectivity index (χ0v) is 23.1. The van der Waals surface area contributed by atoms with Crippen molar-refractivity contribution in [2.24, 2.45) is 5.73 Å². The molecule has 0 fully saturated rings. The van der Waals surface area contributed by atoms with Crippen molar-refractivity contribution >= 4 is 58.1 Å². The molecular weight excluding hydrogens is 625 g/mol. The molecule has 0 heterocycles. The van der Waals surface area contributed by atoms with Crippen molar-refractivity contribution < 1.29 is 29.3 Å². The van der Waals surface area contributed by atoms with Crippen LogP contribution in [0.5, 0.6) is 5.75 Å². The van der Waals surface area contributed by atoms with E-state index in [1.54, 1.807) is 66.7 Å². The standard InChI is InChI=1S/C27H27ClIN3O6/c28-22-13-19(29)8-11-23(22)31-26(36)24(12-17-4-2-1-3-5-17)32(16-34)27(37)25(30)18-6-9-21(10-7-18)38-15-20(35)14-33/h1-11,13,16,20,24-25,33,35H,12,14-15,30H2,(H,31,36)/t20-,24+,25-/m1/s1. The van der Waals surface area contributed by atoms with Gasteiger partial charge < -0.3 is 26.0 Å². The minimum absolute atomic E-state index is 0.0613. The van der Waals surface area contributed by atoms with E-state index in [1.165, 1.54) is 0 Å². The minimum Gasteiger partial charge on any atom is -0.491 e. The number of aliphatic hydroxyl groups excluding tert-OH is 2. The first-order chi connectivity index (χ1) is 18.2. The number of aliphatic hydroxyl groups is 2. The number of benzene rings is 3. The minimum atomic E-state index is -1.25. The van der Waals surface area contributed by atoms with Crippen LogP contribution in [0.3, 0.4) is 0 Å². The van der Waals surface area contributed by atoms with Gasteiger partial charge in [0.2, 0.25) is 12.3 Å². The second-order valence-electron chi connectivity index (χ2n) is 8.36. The predicted octanol–water partition coefficient (Wildman–Crippen LogP) is 2.91. The second kappa shape index (κ2) is 14.2. The fourth-order valence-corrected chi connectivity index (χ4v) is 4.46. The van der Waals surface area contributed by atoms with Gasteiger partial charge in [0.1, 0.15) is 30.5 Å². The number of rotatable bonds is 12. The number of nitrogens with two attached hydrogens (primary N) is 1. The first-order valence-electron chi connectivity index (χ1n) is 11.6. The maximum Gasteiger partial charge on any atom is 0.251 e. The summed E-state index contributed by atoms with van der Waals surface area (Å²) in [6, 6.07) is 17.8. The molecule has 0 aliphatic rings. The summed E-state index contributed by atoms with van der Waals surface area (Å²) >= 11 is 8.37. The Morgan fingerprint density at radius 3 is 2.39 bits per heavy atom. The van der Waals surface area contributed by atoms with E-state index in [2.05, 4.69) is 27.9 Å². The Labute approximate surface area is 238 Å². The molecular formula is C27H27ClIN3O6. The molecule has 3 rings (SSSR count). The van der Waals surface area contributed by atoms with Gasteiger partial charge in [-0.1, -0.05) is 54.1 Å². The number of hydrogen-bond acceptors (Lipinski definition) is 7. The van der Waals surface area contributed by atoms with Crippen molar-refractivity contribution in [3.05, 3.63) is 92.5 Å². The van der Waals surface area contributed by atoms with E-state index >= 15 is 0 Å². The van der Waals surface area contributed by atoms with E-state index < -0.39 is 36.6 Å². The van der Waals surface area contributed by atoms with Crippen LogP contribution in [0.4, 0.5) is 5.69 Å². The molecule has 200 valence electrons. The van der Waals surface area contributed by atoms with Crippen LogP contribution >= 0.6 is 34.2 Å². The third-order valence-electron chi connectivity index (χ3n) is 5.63. The highest BCUT2D eigenvalue weighted by Crippen LogP contribution is 2.25. The summed E-state index contributed by atoms with van der Waals surface area (Å²) in [4.78, 5) is 39.8. The van der Waals surface area contributed by atoms with E-state index in [-0.39, 0.29) is 13.0 Å². The summed E-state index contributed by atoms with van der Waals surface area (Å²) in [5, 5.41) is 21.4. The highest BCUT2D eigenvalue weighted by atomic mass is 127. The smallest absolute Gasteiger partial charge is 0.251 e. The van der Waals surface area contributed by atoms with E-state index in [1.807, 2.05) is 6.07 Å². The highest BCUT2D eigenvalue weighted by molar-refractivity contribution is 14.1. The van der Waals surface area contributed by atoms with Gasteiger partial charge in [-0.2, -0.15) is 0 Å². The van der Waals surface area contributed by atoms with Crippen LogP contribution in [0.25, 0.3) is 0 Å². The number of ether oxygens (including phenoxy) is 1. The molecule has 3 aromatic carbocycles. The Kier molecular flexibility index (Phi) is 11.0. The van der Waals surface area contributed by atoms with Crippen molar-refractivity contribution in [2.45, 2.75) is 24.6 Å². The maximum absolute atomic E-state index is 13.4. The normalized spacial score (nSPS) is 13.2. The Morgan fingerprint density at radius 1 is 1.11 bits per heavy atom. The van der Waals surface area contributed by atoms with Gasteiger partial charge >= 0.3 is 0 Å². The first kappa shape index (κ1) is 29.5. The van der Waals surface area contributed by atoms with Crippen molar-refractivity contribution in [1.82, 2.24) is 4.90 Å². The molecule has 5 N–H and O–H groups in total. The molecule has 0 unspecified atom stereocenters. The summed E-state index contributed by atoms with van der Waals surface area (Å²) in [5.41, 5.74) is 7.69. The van der Waals surface area contributed by atoms with Crippen LogP contribution in [-0.4, -0.2) is 58.7 Å². The topological polar surface area (TPSA) is 142 Å². The number of amides is 3. The zero-order valence-electron chi connectivity index (χ0n) is 20.2. The fraction of sp³-hybridized carbons (Fsp3) is 0.222. The molecule has 0 saturated carbocycles. The molecule has 0 bridgehead atoms. The third kappa shape index (κ3) is 7.98. The molecule has 0 aliphatic heterocycles. The Balaban J connectivity index is 1.83. The number of hydrogen-bond donors (Lipinski definition) is 4. The van der Waals surface area contributed by atoms with Crippen LogP contribution in [0, 0.1) is 3.57 Å². The Bertz CT molecular complexity index is 1250. The van der Waals surface area contributed by atoms with Crippen molar-refractivity contribution in [1.29, 1.82) is 0 Å². The molecule has 3 aromatic rings. The molecule has 3 atom stereocenters. The number of imide groups is 1. The van der Waals surface area contributed by atoms with Gasteiger partial charge in [0.25, 0.3) is 5.91 Å². The average Bonchev–Trinajstić information content (AvgIpc) is 2.93. The lowest BCUT2D eigenvalue weighted by molar-refractivity contribution is -0.145. The number of nitrogens with one attached hydrogen (secondary N) is 1. The van der Waals surface area contributed by atoms with Crippen LogP contribution in [-0.2, 0) is 20.8 Å². The number of carbonyl (C=O) groups excluding carboxylic acids is 3. The quantitative estimate of drug-likeness (QED) is 0.174. The van der Waals surface area contributed by atoms with Gasteiger partial charge in [-0.25, -0.2) is 0 Å². The van der Waals surface area contributed by atoms with Crippen LogP contribution in [0.1, 0.15) is 17.2 Å². The van der Waals surface area contributed by atoms with Crippen LogP contribution in [0.2, 0.25) is 5.02 Å². The molecule has 38 heavy (non-hydrogen) atoms. The Hall–Kier alpha value is -3.03. The number of carbonyl (C=O) groups is 3. The predicted molar refractivity (Wildman–Crippen MR) is 152 cm³/mol. The average molecular weight is 652 g/mol. The lowest BCUT2D eigenvalue weighted by Crippen LogP contribution is -2.50. The second-order valence-corrected chi connectivity index (χ2v) is 10.0. The number of halogens is 2. The molecule has 9 nitrogen and oxygen atoms in total. The highest BCUT2D eigenvalue weighted by Gasteiger charge is 2.33. The largest absolute Gasteiger partial charge is 0.491 e. The number of anilines is 1. The van der Waals surface area contributed by atoms with Crippen molar-refractivity contribution in [3.63, 3.8) is 0 Å². The van der Waals surface area contributed by atoms with E-state index in [4.69, 9.17) is 27.2 Å². The summed E-state index contributed by atoms with van der Waals surface area (Å²) in [6.07, 6.45) is -0.661. The zero-order chi connectivity index (χ0) is 27.7. The summed E-state index contributed by atoms with van der Waals surface area (Å²) in [7, 11) is 0. The van der Waals surface area contributed by atoms with Gasteiger partial charge in [-0.15, -0.1) is 0 Å². The summed E-state index contributed by atoms with van der Waals surface area (Å²) in [6.45, 7) is -0.549. The van der Waals surface area contributed by atoms with Crippen LogP contribution < -0.4 is 15.8 Å². The maximum atomic E-state index is 13.4. The van der Waals surface area contributed by atoms with E-state index in [9.17, 15) is 19.5 Å². The third-order valence-corrected chi connectivity index (χ3v) is 6.61. The van der Waals surface area contributed by atoms with E-state index in [0.717, 1.165) is 14.0 Å².